The van der Waals surface area contributed by atoms with Gasteiger partial charge in [0.2, 0.25) is 5.76 Å². The van der Waals surface area contributed by atoms with Crippen molar-refractivity contribution in [2.75, 3.05) is 5.32 Å². The summed E-state index contributed by atoms with van der Waals surface area (Å²) in [4.78, 5) is 10.5. The van der Waals surface area contributed by atoms with Gasteiger partial charge in [0.15, 0.2) is 0 Å². The molecular weight excluding hydrogens is 326 g/mol. The van der Waals surface area contributed by atoms with E-state index in [-0.39, 0.29) is 11.4 Å². The first kappa shape index (κ1) is 14.1. The Balaban J connectivity index is 2.19. The van der Waals surface area contributed by atoms with Gasteiger partial charge in [-0.1, -0.05) is 0 Å². The van der Waals surface area contributed by atoms with Gasteiger partial charge in [0.1, 0.15) is 11.8 Å². The van der Waals surface area contributed by atoms with Gasteiger partial charge in [-0.15, -0.1) is 0 Å². The molecule has 0 radical (unpaired) electrons. The predicted octanol–water partition coefficient (Wildman–Crippen LogP) is 3.74. The van der Waals surface area contributed by atoms with Crippen molar-refractivity contribution in [3.63, 3.8) is 0 Å². The summed E-state index contributed by atoms with van der Waals surface area (Å²) in [5.74, 6) is 0.812. The number of nitrogens with one attached hydrogen (secondary N) is 1. The smallest absolute Gasteiger partial charge is 0.274 e. The minimum atomic E-state index is -0.423. The van der Waals surface area contributed by atoms with Crippen molar-refractivity contribution in [2.45, 2.75) is 13.5 Å². The highest BCUT2D eigenvalue weighted by Crippen LogP contribution is 2.31. The zero-order valence-corrected chi connectivity index (χ0v) is 12.1. The Morgan fingerprint density at radius 3 is 2.85 bits per heavy atom. The van der Waals surface area contributed by atoms with Gasteiger partial charge in [-0.05, 0) is 41.1 Å². The highest BCUT2D eigenvalue weighted by atomic mass is 79.9. The molecule has 1 aromatic carbocycles. The molecule has 0 aliphatic heterocycles. The number of hydrogen-bond donors (Lipinski definition) is 1. The average Bonchev–Trinajstić information content (AvgIpc) is 2.85. The molecule has 2 rings (SSSR count). The molecule has 0 aliphatic rings. The van der Waals surface area contributed by atoms with Crippen LogP contribution in [0.4, 0.5) is 11.4 Å². The normalized spacial score (nSPS) is 10.1. The zero-order valence-electron chi connectivity index (χ0n) is 10.5. The molecule has 0 spiro atoms. The molecule has 7 heteroatoms. The van der Waals surface area contributed by atoms with Crippen LogP contribution in [-0.2, 0) is 6.54 Å². The number of furan rings is 1. The van der Waals surface area contributed by atoms with Crippen LogP contribution in [0.3, 0.4) is 0 Å². The summed E-state index contributed by atoms with van der Waals surface area (Å²) in [6.07, 6.45) is 0. The summed E-state index contributed by atoms with van der Waals surface area (Å²) in [5, 5.41) is 22.6. The van der Waals surface area contributed by atoms with Gasteiger partial charge >= 0.3 is 0 Å². The molecule has 6 nitrogen and oxygen atoms in total. The average molecular weight is 336 g/mol. The van der Waals surface area contributed by atoms with Gasteiger partial charge in [-0.25, -0.2) is 0 Å². The van der Waals surface area contributed by atoms with E-state index >= 15 is 0 Å². The second-order valence-electron chi connectivity index (χ2n) is 4.11. The maximum Gasteiger partial charge on any atom is 0.274 e. The van der Waals surface area contributed by atoms with Crippen molar-refractivity contribution < 1.29 is 9.34 Å². The minimum Gasteiger partial charge on any atom is -0.449 e. The molecule has 1 N–H and O–H groups in total. The summed E-state index contributed by atoms with van der Waals surface area (Å²) >= 11 is 3.35. The van der Waals surface area contributed by atoms with Crippen molar-refractivity contribution in [3.05, 3.63) is 55.9 Å². The van der Waals surface area contributed by atoms with Gasteiger partial charge in [-0.3, -0.25) is 10.1 Å². The molecule has 0 bridgehead atoms. The largest absolute Gasteiger partial charge is 0.449 e. The third-order valence-electron chi connectivity index (χ3n) is 2.71. The van der Waals surface area contributed by atoms with Crippen LogP contribution in [0.5, 0.6) is 0 Å². The van der Waals surface area contributed by atoms with Crippen molar-refractivity contribution >= 4 is 27.3 Å². The van der Waals surface area contributed by atoms with Crippen LogP contribution in [0, 0.1) is 28.4 Å². The lowest BCUT2D eigenvalue weighted by Gasteiger charge is -2.08. The fourth-order valence-electron chi connectivity index (χ4n) is 1.71. The number of aryl methyl sites for hydroxylation is 1. The number of anilines is 1. The van der Waals surface area contributed by atoms with Crippen LogP contribution in [0.2, 0.25) is 0 Å². The number of rotatable bonds is 4. The standard InChI is InChI=1S/C13H10BrN3O3/c1-8-4-11(14)12(5-13(8)17(18)19)16-7-10-3-2-9(6-15)20-10/h2-5,16H,7H2,1H3. The number of halogens is 1. The van der Waals surface area contributed by atoms with Crippen molar-refractivity contribution in [1.82, 2.24) is 0 Å². The molecule has 0 atom stereocenters. The van der Waals surface area contributed by atoms with Crippen LogP contribution in [0.15, 0.2) is 33.2 Å². The molecule has 0 unspecified atom stereocenters. The number of benzene rings is 1. The third kappa shape index (κ3) is 2.97. The minimum absolute atomic E-state index is 0.0489. The van der Waals surface area contributed by atoms with Crippen LogP contribution in [-0.4, -0.2) is 4.92 Å². The number of nitriles is 1. The number of hydrogen-bond acceptors (Lipinski definition) is 5. The summed E-state index contributed by atoms with van der Waals surface area (Å²) in [5.41, 5.74) is 1.22. The SMILES string of the molecule is Cc1cc(Br)c(NCc2ccc(C#N)o2)cc1[N+](=O)[O-]. The van der Waals surface area contributed by atoms with Gasteiger partial charge < -0.3 is 9.73 Å². The van der Waals surface area contributed by atoms with E-state index in [9.17, 15) is 10.1 Å². The zero-order chi connectivity index (χ0) is 14.7. The molecule has 1 heterocycles. The van der Waals surface area contributed by atoms with Crippen LogP contribution in [0.1, 0.15) is 17.1 Å². The Kier molecular flexibility index (Phi) is 4.05. The van der Waals surface area contributed by atoms with E-state index in [1.54, 1.807) is 25.1 Å². The second kappa shape index (κ2) is 5.75. The number of nitro groups is 1. The molecule has 0 fully saturated rings. The Labute approximate surface area is 123 Å². The summed E-state index contributed by atoms with van der Waals surface area (Å²) in [6.45, 7) is 2.01. The molecule has 1 aromatic heterocycles. The van der Waals surface area contributed by atoms with Gasteiger partial charge in [0.05, 0.1) is 17.2 Å². The molecule has 20 heavy (non-hydrogen) atoms. The maximum atomic E-state index is 10.9. The first-order valence-corrected chi connectivity index (χ1v) is 6.48. The Morgan fingerprint density at radius 1 is 1.50 bits per heavy atom. The quantitative estimate of drug-likeness (QED) is 0.678. The van der Waals surface area contributed by atoms with Gasteiger partial charge in [0, 0.05) is 16.1 Å². The fourth-order valence-corrected chi connectivity index (χ4v) is 2.31. The molecular formula is C13H10BrN3O3. The first-order valence-electron chi connectivity index (χ1n) is 5.68. The van der Waals surface area contributed by atoms with Crippen LogP contribution in [0.25, 0.3) is 0 Å². The number of nitrogens with zero attached hydrogens (tertiary/aromatic N) is 2. The monoisotopic (exact) mass is 335 g/mol. The van der Waals surface area contributed by atoms with E-state index in [0.29, 0.717) is 23.6 Å². The van der Waals surface area contributed by atoms with Crippen molar-refractivity contribution in [2.24, 2.45) is 0 Å². The lowest BCUT2D eigenvalue weighted by atomic mass is 10.2. The second-order valence-corrected chi connectivity index (χ2v) is 4.96. The Bertz CT molecular complexity index is 703. The molecule has 0 amide bonds. The summed E-state index contributed by atoms with van der Waals surface area (Å²) in [6, 6.07) is 8.30. The molecule has 2 aromatic rings. The third-order valence-corrected chi connectivity index (χ3v) is 3.36. The lowest BCUT2D eigenvalue weighted by Crippen LogP contribution is -2.01. The molecule has 0 saturated carbocycles. The maximum absolute atomic E-state index is 10.9. The predicted molar refractivity (Wildman–Crippen MR) is 76.3 cm³/mol. The molecule has 0 aliphatic carbocycles. The van der Waals surface area contributed by atoms with Crippen LogP contribution < -0.4 is 5.32 Å². The van der Waals surface area contributed by atoms with Crippen molar-refractivity contribution in [3.8, 4) is 6.07 Å². The Morgan fingerprint density at radius 2 is 2.25 bits per heavy atom. The molecule has 0 saturated heterocycles. The topological polar surface area (TPSA) is 92.1 Å². The fraction of sp³-hybridized carbons (Fsp3) is 0.154. The lowest BCUT2D eigenvalue weighted by molar-refractivity contribution is -0.385. The summed E-state index contributed by atoms with van der Waals surface area (Å²) in [7, 11) is 0. The first-order chi connectivity index (χ1) is 9.51. The molecule has 102 valence electrons. The highest BCUT2D eigenvalue weighted by Gasteiger charge is 2.14. The Hall–Kier alpha value is -2.33. The van der Waals surface area contributed by atoms with Gasteiger partial charge in [0.25, 0.3) is 5.69 Å². The van der Waals surface area contributed by atoms with E-state index in [1.165, 1.54) is 6.07 Å². The van der Waals surface area contributed by atoms with Gasteiger partial charge in [-0.2, -0.15) is 5.26 Å². The number of nitro benzene ring substituents is 1. The van der Waals surface area contributed by atoms with E-state index in [4.69, 9.17) is 9.68 Å². The van der Waals surface area contributed by atoms with E-state index < -0.39 is 4.92 Å². The van der Waals surface area contributed by atoms with Crippen molar-refractivity contribution in [1.29, 1.82) is 5.26 Å². The van der Waals surface area contributed by atoms with E-state index in [2.05, 4.69) is 21.2 Å². The highest BCUT2D eigenvalue weighted by molar-refractivity contribution is 9.10. The van der Waals surface area contributed by atoms with E-state index in [1.807, 2.05) is 6.07 Å². The van der Waals surface area contributed by atoms with E-state index in [0.717, 1.165) is 4.47 Å². The van der Waals surface area contributed by atoms with Crippen LogP contribution >= 0.6 is 15.9 Å². The summed E-state index contributed by atoms with van der Waals surface area (Å²) < 4.78 is 5.95.